The van der Waals surface area contributed by atoms with Crippen LogP contribution in [-0.4, -0.2) is 95.9 Å². The van der Waals surface area contributed by atoms with Crippen LogP contribution in [0.15, 0.2) is 54.7 Å². The first-order chi connectivity index (χ1) is 24.9. The normalized spacial score (nSPS) is 13.5. The van der Waals surface area contributed by atoms with E-state index in [1.807, 2.05) is 13.8 Å². The summed E-state index contributed by atoms with van der Waals surface area (Å²) in [5.74, 6) is -2.40. The first-order valence-electron chi connectivity index (χ1n) is 16.7. The highest BCUT2D eigenvalue weighted by Gasteiger charge is 2.22. The fourth-order valence-electron chi connectivity index (χ4n) is 5.38. The van der Waals surface area contributed by atoms with Gasteiger partial charge in [0.05, 0.1) is 27.4 Å². The fourth-order valence-corrected chi connectivity index (χ4v) is 6.16. The molecule has 16 heteroatoms. The largest absolute Gasteiger partial charge is 0.490 e. The molecule has 52 heavy (non-hydrogen) atoms. The van der Waals surface area contributed by atoms with Gasteiger partial charge in [0, 0.05) is 69.3 Å². The number of hydrogen-bond acceptors (Lipinski definition) is 9. The number of anilines is 3. The molecule has 2 N–H and O–H groups in total. The maximum atomic E-state index is 15.1. The monoisotopic (exact) mass is 775 g/mol. The molecule has 1 aliphatic heterocycles. The summed E-state index contributed by atoms with van der Waals surface area (Å²) in [5, 5.41) is 5.24. The lowest BCUT2D eigenvalue weighted by molar-refractivity contribution is 0.0772. The van der Waals surface area contributed by atoms with Gasteiger partial charge in [0.25, 0.3) is 11.8 Å². The Hall–Kier alpha value is -4.27. The smallest absolute Gasteiger partial charge is 0.262 e. The lowest BCUT2D eigenvalue weighted by atomic mass is 10.2. The zero-order chi connectivity index (χ0) is 37.4. The van der Waals surface area contributed by atoms with E-state index in [9.17, 15) is 14.0 Å². The number of piperazine rings is 1. The van der Waals surface area contributed by atoms with E-state index in [1.54, 1.807) is 17.0 Å². The number of likely N-dealkylation sites (N-methyl/N-ethyl adjacent to an activating group) is 1. The molecule has 0 bridgehead atoms. The van der Waals surface area contributed by atoms with Crippen molar-refractivity contribution in [2.24, 2.45) is 0 Å². The van der Waals surface area contributed by atoms with Crippen molar-refractivity contribution in [2.75, 3.05) is 70.1 Å². The van der Waals surface area contributed by atoms with Gasteiger partial charge in [0.2, 0.25) is 11.8 Å². The number of benzene rings is 3. The average molecular weight is 777 g/mol. The number of carbonyl (C=O) groups excluding carboxylic acids is 2. The number of amides is 2. The highest BCUT2D eigenvalue weighted by atomic mass is 35.5. The maximum absolute atomic E-state index is 15.1. The van der Waals surface area contributed by atoms with Crippen molar-refractivity contribution in [3.63, 3.8) is 0 Å². The van der Waals surface area contributed by atoms with Crippen LogP contribution in [-0.2, 0) is 0 Å². The molecule has 2 heterocycles. The molecule has 5 rings (SSSR count). The standard InChI is InChI=1S/C36H38Cl3F2N7O4/c1-4-48(5-2)35(50)22-7-9-30(26(37)17-22)52-34-25(33(49)44-32-27(38)18-23(40)19-28(32)39)21-42-36(45-34)43-24-8-10-31(29(41)20-24)51-16-6-11-47-14-12-46(3)13-15-47/h7-10,17-21H,4-6,11-16H2,1-3H3,(H,44,49)(H,42,43,45). The second-order valence-electron chi connectivity index (χ2n) is 12.0. The second kappa shape index (κ2) is 18.0. The van der Waals surface area contributed by atoms with E-state index >= 15 is 4.39 Å². The van der Waals surface area contributed by atoms with Gasteiger partial charge in [0.15, 0.2) is 11.6 Å². The zero-order valence-corrected chi connectivity index (χ0v) is 31.1. The van der Waals surface area contributed by atoms with Crippen LogP contribution in [0.3, 0.4) is 0 Å². The number of carbonyl (C=O) groups is 2. The molecule has 2 amide bonds. The van der Waals surface area contributed by atoms with Crippen LogP contribution in [0.5, 0.6) is 17.4 Å². The van der Waals surface area contributed by atoms with Crippen molar-refractivity contribution >= 4 is 63.9 Å². The highest BCUT2D eigenvalue weighted by molar-refractivity contribution is 6.40. The van der Waals surface area contributed by atoms with Gasteiger partial charge in [-0.2, -0.15) is 4.98 Å². The summed E-state index contributed by atoms with van der Waals surface area (Å²) in [5.41, 5.74) is 0.423. The summed E-state index contributed by atoms with van der Waals surface area (Å²) in [6.07, 6.45) is 1.93. The Kier molecular flexibility index (Phi) is 13.5. The molecule has 1 saturated heterocycles. The summed E-state index contributed by atoms with van der Waals surface area (Å²) in [6.45, 7) is 10.1. The Morgan fingerprint density at radius 2 is 1.62 bits per heavy atom. The quantitative estimate of drug-likeness (QED) is 0.123. The van der Waals surface area contributed by atoms with Crippen molar-refractivity contribution in [1.82, 2.24) is 24.7 Å². The molecule has 1 fully saturated rings. The summed E-state index contributed by atoms with van der Waals surface area (Å²) in [4.78, 5) is 41.3. The van der Waals surface area contributed by atoms with Gasteiger partial charge in [-0.15, -0.1) is 0 Å². The summed E-state index contributed by atoms with van der Waals surface area (Å²) in [6, 6.07) is 10.8. The first-order valence-corrected chi connectivity index (χ1v) is 17.8. The van der Waals surface area contributed by atoms with Gasteiger partial charge in [-0.05, 0) is 69.8 Å². The third-order valence-corrected chi connectivity index (χ3v) is 9.23. The number of aromatic nitrogens is 2. The number of nitrogens with zero attached hydrogens (tertiary/aromatic N) is 5. The maximum Gasteiger partial charge on any atom is 0.262 e. The molecular formula is C36H38Cl3F2N7O4. The van der Waals surface area contributed by atoms with Gasteiger partial charge < -0.3 is 34.8 Å². The van der Waals surface area contributed by atoms with E-state index in [-0.39, 0.29) is 55.6 Å². The lowest BCUT2D eigenvalue weighted by Crippen LogP contribution is -2.44. The Morgan fingerprint density at radius 3 is 2.27 bits per heavy atom. The van der Waals surface area contributed by atoms with E-state index in [2.05, 4.69) is 37.4 Å². The van der Waals surface area contributed by atoms with Crippen LogP contribution in [0, 0.1) is 11.6 Å². The third-order valence-electron chi connectivity index (χ3n) is 8.34. The SMILES string of the molecule is CCN(CC)C(=O)c1ccc(Oc2nc(Nc3ccc(OCCCN4CCN(C)CC4)c(F)c3)ncc2C(=O)Nc2c(Cl)cc(F)cc2Cl)c(Cl)c1. The molecule has 1 aromatic heterocycles. The molecule has 1 aliphatic rings. The van der Waals surface area contributed by atoms with Crippen LogP contribution >= 0.6 is 34.8 Å². The van der Waals surface area contributed by atoms with Crippen molar-refractivity contribution in [3.05, 3.63) is 92.6 Å². The topological polar surface area (TPSA) is 112 Å². The predicted octanol–water partition coefficient (Wildman–Crippen LogP) is 8.00. The van der Waals surface area contributed by atoms with E-state index in [1.165, 1.54) is 30.5 Å². The van der Waals surface area contributed by atoms with Gasteiger partial charge in [-0.3, -0.25) is 9.59 Å². The Balaban J connectivity index is 1.35. The predicted molar refractivity (Wildman–Crippen MR) is 199 cm³/mol. The van der Waals surface area contributed by atoms with E-state index < -0.39 is 17.5 Å². The van der Waals surface area contributed by atoms with Crippen LogP contribution in [0.25, 0.3) is 0 Å². The van der Waals surface area contributed by atoms with E-state index in [4.69, 9.17) is 44.3 Å². The van der Waals surface area contributed by atoms with Gasteiger partial charge in [-0.25, -0.2) is 13.8 Å². The minimum Gasteiger partial charge on any atom is -0.490 e. The van der Waals surface area contributed by atoms with Gasteiger partial charge in [-0.1, -0.05) is 34.8 Å². The number of halogens is 5. The fraction of sp³-hybridized carbons (Fsp3) is 0.333. The Bertz CT molecular complexity index is 1890. The number of hydrogen-bond donors (Lipinski definition) is 2. The van der Waals surface area contributed by atoms with Crippen LogP contribution in [0.2, 0.25) is 15.1 Å². The van der Waals surface area contributed by atoms with Crippen LogP contribution in [0.4, 0.5) is 26.1 Å². The van der Waals surface area contributed by atoms with Crippen LogP contribution < -0.4 is 20.1 Å². The van der Waals surface area contributed by atoms with Crippen LogP contribution in [0.1, 0.15) is 41.0 Å². The molecule has 0 spiro atoms. The third kappa shape index (κ3) is 9.98. The molecular weight excluding hydrogens is 739 g/mol. The minimum atomic E-state index is -0.790. The molecule has 276 valence electrons. The summed E-state index contributed by atoms with van der Waals surface area (Å²) in [7, 11) is 2.11. The number of nitrogens with one attached hydrogen (secondary N) is 2. The van der Waals surface area contributed by atoms with Crippen molar-refractivity contribution in [3.8, 4) is 17.4 Å². The minimum absolute atomic E-state index is 0.0442. The van der Waals surface area contributed by atoms with Gasteiger partial charge in [0.1, 0.15) is 17.1 Å². The van der Waals surface area contributed by atoms with Crippen molar-refractivity contribution in [2.45, 2.75) is 20.3 Å². The molecule has 0 unspecified atom stereocenters. The second-order valence-corrected chi connectivity index (χ2v) is 13.2. The Morgan fingerprint density at radius 1 is 0.923 bits per heavy atom. The zero-order valence-electron chi connectivity index (χ0n) is 28.8. The Labute approximate surface area is 315 Å². The van der Waals surface area contributed by atoms with E-state index in [0.717, 1.165) is 51.3 Å². The van der Waals surface area contributed by atoms with Crippen molar-refractivity contribution < 1.29 is 27.8 Å². The molecule has 4 aromatic rings. The average Bonchev–Trinajstić information content (AvgIpc) is 3.11. The molecule has 0 radical (unpaired) electrons. The summed E-state index contributed by atoms with van der Waals surface area (Å²) >= 11 is 18.8. The molecule has 0 saturated carbocycles. The first kappa shape index (κ1) is 38.9. The molecule has 11 nitrogen and oxygen atoms in total. The summed E-state index contributed by atoms with van der Waals surface area (Å²) < 4.78 is 40.6. The van der Waals surface area contributed by atoms with Crippen molar-refractivity contribution in [1.29, 1.82) is 0 Å². The number of ether oxygens (including phenoxy) is 2. The number of rotatable bonds is 14. The highest BCUT2D eigenvalue weighted by Crippen LogP contribution is 2.35. The lowest BCUT2D eigenvalue weighted by Gasteiger charge is -2.32. The van der Waals surface area contributed by atoms with Gasteiger partial charge >= 0.3 is 0 Å². The molecule has 0 aliphatic carbocycles. The molecule has 0 atom stereocenters. The molecule has 3 aromatic carbocycles. The van der Waals surface area contributed by atoms with E-state index in [0.29, 0.717) is 30.9 Å².